The molecule has 1 atom stereocenters. The molecule has 1 amide bonds. The number of benzene rings is 1. The Morgan fingerprint density at radius 3 is 2.65 bits per heavy atom. The van der Waals surface area contributed by atoms with Crippen molar-refractivity contribution in [2.24, 2.45) is 0 Å². The van der Waals surface area contributed by atoms with Crippen molar-refractivity contribution in [1.82, 2.24) is 4.90 Å². The van der Waals surface area contributed by atoms with Gasteiger partial charge in [0.05, 0.1) is 27.3 Å². The third kappa shape index (κ3) is 4.01. The summed E-state index contributed by atoms with van der Waals surface area (Å²) in [4.78, 5) is 14.3. The Balaban J connectivity index is 1.99. The molecular weight excluding hydrogens is 319 g/mol. The van der Waals surface area contributed by atoms with Crippen molar-refractivity contribution in [3.8, 4) is 0 Å². The summed E-state index contributed by atoms with van der Waals surface area (Å²) in [6.07, 6.45) is 3.52. The van der Waals surface area contributed by atoms with Crippen LogP contribution in [0.1, 0.15) is 26.2 Å². The van der Waals surface area contributed by atoms with Crippen LogP contribution >= 0.6 is 34.8 Å². The van der Waals surface area contributed by atoms with E-state index >= 15 is 0 Å². The largest absolute Gasteiger partial charge is 0.324 e. The van der Waals surface area contributed by atoms with Gasteiger partial charge in [0, 0.05) is 6.04 Å². The van der Waals surface area contributed by atoms with Gasteiger partial charge in [-0.1, -0.05) is 41.2 Å². The zero-order chi connectivity index (χ0) is 14.7. The van der Waals surface area contributed by atoms with Crippen molar-refractivity contribution in [2.75, 3.05) is 18.4 Å². The first-order valence-corrected chi connectivity index (χ1v) is 7.79. The highest BCUT2D eigenvalue weighted by atomic mass is 35.5. The summed E-state index contributed by atoms with van der Waals surface area (Å²) >= 11 is 17.8. The van der Waals surface area contributed by atoms with E-state index in [1.54, 1.807) is 6.07 Å². The van der Waals surface area contributed by atoms with Crippen molar-refractivity contribution in [3.05, 3.63) is 27.2 Å². The number of likely N-dealkylation sites (tertiary alicyclic amines) is 1. The van der Waals surface area contributed by atoms with Gasteiger partial charge in [0.2, 0.25) is 5.91 Å². The number of rotatable bonds is 3. The van der Waals surface area contributed by atoms with Crippen LogP contribution in [0.15, 0.2) is 12.1 Å². The lowest BCUT2D eigenvalue weighted by Crippen LogP contribution is -2.42. The average Bonchev–Trinajstić information content (AvgIpc) is 2.39. The Bertz CT molecular complexity index is 507. The van der Waals surface area contributed by atoms with Crippen molar-refractivity contribution in [1.29, 1.82) is 0 Å². The first-order valence-electron chi connectivity index (χ1n) is 6.66. The molecule has 1 aliphatic heterocycles. The second kappa shape index (κ2) is 6.99. The quantitative estimate of drug-likeness (QED) is 0.827. The minimum Gasteiger partial charge on any atom is -0.324 e. The molecule has 1 fully saturated rings. The molecule has 6 heteroatoms. The van der Waals surface area contributed by atoms with Crippen molar-refractivity contribution < 1.29 is 4.79 Å². The minimum atomic E-state index is -0.0842. The van der Waals surface area contributed by atoms with Crippen molar-refractivity contribution in [2.45, 2.75) is 32.2 Å². The van der Waals surface area contributed by atoms with E-state index in [2.05, 4.69) is 17.1 Å². The molecule has 1 N–H and O–H groups in total. The summed E-state index contributed by atoms with van der Waals surface area (Å²) in [5.41, 5.74) is 0.496. The van der Waals surface area contributed by atoms with E-state index in [9.17, 15) is 4.79 Å². The van der Waals surface area contributed by atoms with Crippen LogP contribution in [0.4, 0.5) is 5.69 Å². The molecule has 1 saturated heterocycles. The molecule has 1 unspecified atom stereocenters. The van der Waals surface area contributed by atoms with Crippen LogP contribution in [0.2, 0.25) is 15.1 Å². The SMILES string of the molecule is CC1CCCCN1CC(=O)Nc1cc(Cl)c(Cl)cc1Cl. The number of nitrogens with zero attached hydrogens (tertiary/aromatic N) is 1. The summed E-state index contributed by atoms with van der Waals surface area (Å²) in [7, 11) is 0. The number of carbonyl (C=O) groups excluding carboxylic acids is 1. The van der Waals surface area contributed by atoms with Gasteiger partial charge >= 0.3 is 0 Å². The minimum absolute atomic E-state index is 0.0842. The van der Waals surface area contributed by atoms with Crippen LogP contribution in [-0.2, 0) is 4.79 Å². The number of anilines is 1. The third-order valence-electron chi connectivity index (χ3n) is 3.57. The molecule has 2 rings (SSSR count). The number of nitrogens with one attached hydrogen (secondary N) is 1. The van der Waals surface area contributed by atoms with E-state index in [1.807, 2.05) is 0 Å². The van der Waals surface area contributed by atoms with E-state index in [4.69, 9.17) is 34.8 Å². The monoisotopic (exact) mass is 334 g/mol. The highest BCUT2D eigenvalue weighted by Gasteiger charge is 2.21. The van der Waals surface area contributed by atoms with Crippen LogP contribution in [0.3, 0.4) is 0 Å². The van der Waals surface area contributed by atoms with E-state index in [0.29, 0.717) is 33.3 Å². The first-order chi connectivity index (χ1) is 9.47. The molecule has 3 nitrogen and oxygen atoms in total. The maximum atomic E-state index is 12.1. The standard InChI is InChI=1S/C14H17Cl3N2O/c1-9-4-2-3-5-19(9)8-14(20)18-13-7-11(16)10(15)6-12(13)17/h6-7,9H,2-5,8H2,1H3,(H,18,20). The number of carbonyl (C=O) groups is 1. The zero-order valence-corrected chi connectivity index (χ0v) is 13.5. The molecule has 20 heavy (non-hydrogen) atoms. The van der Waals surface area contributed by atoms with Gasteiger partial charge in [-0.3, -0.25) is 9.69 Å². The molecule has 0 spiro atoms. The summed E-state index contributed by atoms with van der Waals surface area (Å²) in [5.74, 6) is -0.0842. The Hall–Kier alpha value is -0.480. The van der Waals surface area contributed by atoms with E-state index < -0.39 is 0 Å². The van der Waals surface area contributed by atoms with Gasteiger partial charge in [0.1, 0.15) is 0 Å². The molecule has 0 aromatic heterocycles. The van der Waals surface area contributed by atoms with Crippen molar-refractivity contribution in [3.63, 3.8) is 0 Å². The highest BCUT2D eigenvalue weighted by Crippen LogP contribution is 2.32. The van der Waals surface area contributed by atoms with Crippen LogP contribution in [0.25, 0.3) is 0 Å². The first kappa shape index (κ1) is 15.9. The molecule has 1 heterocycles. The van der Waals surface area contributed by atoms with Gasteiger partial charge < -0.3 is 5.32 Å². The molecule has 1 aromatic carbocycles. The fourth-order valence-corrected chi connectivity index (χ4v) is 2.98. The lowest BCUT2D eigenvalue weighted by atomic mass is 10.0. The molecule has 1 aromatic rings. The van der Waals surface area contributed by atoms with Gasteiger partial charge in [0.15, 0.2) is 0 Å². The summed E-state index contributed by atoms with van der Waals surface area (Å²) in [6.45, 7) is 3.49. The van der Waals surface area contributed by atoms with E-state index in [1.165, 1.54) is 12.5 Å². The van der Waals surface area contributed by atoms with E-state index in [-0.39, 0.29) is 5.91 Å². The maximum Gasteiger partial charge on any atom is 0.238 e. The highest BCUT2D eigenvalue weighted by molar-refractivity contribution is 6.44. The fourth-order valence-electron chi connectivity index (χ4n) is 2.39. The zero-order valence-electron chi connectivity index (χ0n) is 11.3. The van der Waals surface area contributed by atoms with Gasteiger partial charge in [-0.25, -0.2) is 0 Å². The van der Waals surface area contributed by atoms with Crippen LogP contribution < -0.4 is 5.32 Å². The van der Waals surface area contributed by atoms with E-state index in [0.717, 1.165) is 19.4 Å². The number of amides is 1. The van der Waals surface area contributed by atoms with Crippen molar-refractivity contribution >= 4 is 46.4 Å². The molecule has 0 saturated carbocycles. The number of hydrogen-bond donors (Lipinski definition) is 1. The van der Waals surface area contributed by atoms with Crippen LogP contribution in [0.5, 0.6) is 0 Å². The summed E-state index contributed by atoms with van der Waals surface area (Å²) in [6, 6.07) is 3.55. The Morgan fingerprint density at radius 1 is 1.25 bits per heavy atom. The van der Waals surface area contributed by atoms with Crippen LogP contribution in [0, 0.1) is 0 Å². The maximum absolute atomic E-state index is 12.1. The average molecular weight is 336 g/mol. The van der Waals surface area contributed by atoms with Gasteiger partial charge in [0.25, 0.3) is 0 Å². The van der Waals surface area contributed by atoms with Gasteiger partial charge in [-0.05, 0) is 38.4 Å². The molecule has 110 valence electrons. The lowest BCUT2D eigenvalue weighted by Gasteiger charge is -2.32. The van der Waals surface area contributed by atoms with Gasteiger partial charge in [-0.15, -0.1) is 0 Å². The fraction of sp³-hybridized carbons (Fsp3) is 0.500. The molecule has 0 radical (unpaired) electrons. The van der Waals surface area contributed by atoms with Gasteiger partial charge in [-0.2, -0.15) is 0 Å². The summed E-state index contributed by atoms with van der Waals surface area (Å²) < 4.78 is 0. The number of hydrogen-bond acceptors (Lipinski definition) is 2. The Labute approximate surface area is 134 Å². The predicted molar refractivity (Wildman–Crippen MR) is 85.0 cm³/mol. The predicted octanol–water partition coefficient (Wildman–Crippen LogP) is 4.46. The van der Waals surface area contributed by atoms with Crippen LogP contribution in [-0.4, -0.2) is 29.9 Å². The Morgan fingerprint density at radius 2 is 1.95 bits per heavy atom. The molecule has 1 aliphatic rings. The molecule has 0 aliphatic carbocycles. The molecular formula is C14H17Cl3N2O. The number of halogens is 3. The summed E-state index contributed by atoms with van der Waals surface area (Å²) in [5, 5.41) is 3.93. The molecule has 0 bridgehead atoms. The smallest absolute Gasteiger partial charge is 0.238 e. The Kier molecular flexibility index (Phi) is 5.56. The normalized spacial score (nSPS) is 19.9. The topological polar surface area (TPSA) is 32.3 Å². The number of piperidine rings is 1. The lowest BCUT2D eigenvalue weighted by molar-refractivity contribution is -0.118. The second-order valence-corrected chi connectivity index (χ2v) is 6.33. The second-order valence-electron chi connectivity index (χ2n) is 5.11. The third-order valence-corrected chi connectivity index (χ3v) is 4.61.